The van der Waals surface area contributed by atoms with Crippen molar-refractivity contribution in [3.05, 3.63) is 24.3 Å². The van der Waals surface area contributed by atoms with Crippen LogP contribution in [0.1, 0.15) is 33.6 Å². The van der Waals surface area contributed by atoms with Gasteiger partial charge in [0.05, 0.1) is 4.90 Å². The van der Waals surface area contributed by atoms with Gasteiger partial charge in [0.1, 0.15) is 16.6 Å². The molecule has 29 heavy (non-hydrogen) atoms. The number of carbonyl (C=O) groups is 1. The first-order valence-corrected chi connectivity index (χ1v) is 11.5. The van der Waals surface area contributed by atoms with Crippen molar-refractivity contribution in [1.29, 1.82) is 0 Å². The maximum atomic E-state index is 13.1. The Morgan fingerprint density at radius 3 is 2.38 bits per heavy atom. The Morgan fingerprint density at radius 1 is 1.10 bits per heavy atom. The summed E-state index contributed by atoms with van der Waals surface area (Å²) < 4.78 is 20.4. The summed E-state index contributed by atoms with van der Waals surface area (Å²) in [5.74, 6) is 0. The van der Waals surface area contributed by atoms with Crippen LogP contribution in [0, 0.1) is 0 Å². The summed E-state index contributed by atoms with van der Waals surface area (Å²) in [5, 5.41) is 2.93. The Morgan fingerprint density at radius 2 is 1.76 bits per heavy atom. The summed E-state index contributed by atoms with van der Waals surface area (Å²) >= 11 is 0. The molecule has 0 aromatic heterocycles. The van der Waals surface area contributed by atoms with E-state index >= 15 is 0 Å². The number of hydrogen-bond donors (Lipinski definition) is 1. The molecule has 2 saturated heterocycles. The number of benzene rings is 1. The van der Waals surface area contributed by atoms with Crippen LogP contribution in [-0.2, 0) is 15.7 Å². The first kappa shape index (κ1) is 22.1. The molecule has 1 atom stereocenters. The van der Waals surface area contributed by atoms with E-state index in [0.29, 0.717) is 13.1 Å². The number of rotatable bonds is 4. The Balaban J connectivity index is 1.53. The van der Waals surface area contributed by atoms with Gasteiger partial charge in [-0.25, -0.2) is 13.3 Å². The predicted octanol–water partition coefficient (Wildman–Crippen LogP) is 2.45. The lowest BCUT2D eigenvalue weighted by molar-refractivity contribution is 0.0490. The van der Waals surface area contributed by atoms with E-state index in [1.54, 1.807) is 0 Å². The SMILES string of the molecule is CN1CCN(c2cccc(S(=O)N3CCC(NC(=O)OC(C)(C)C)CC3)c2)CC1. The zero-order valence-corrected chi connectivity index (χ0v) is 18.8. The lowest BCUT2D eigenvalue weighted by atomic mass is 10.1. The van der Waals surface area contributed by atoms with Crippen molar-refractivity contribution in [2.45, 2.75) is 50.2 Å². The molecule has 1 N–H and O–H groups in total. The van der Waals surface area contributed by atoms with Gasteiger partial charge in [-0.05, 0) is 58.9 Å². The molecule has 1 aromatic carbocycles. The largest absolute Gasteiger partial charge is 0.444 e. The molecule has 2 aliphatic rings. The summed E-state index contributed by atoms with van der Waals surface area (Å²) in [6, 6.07) is 8.17. The third kappa shape index (κ3) is 6.42. The molecule has 162 valence electrons. The number of carbonyl (C=O) groups excluding carboxylic acids is 1. The van der Waals surface area contributed by atoms with Gasteiger partial charge in [0, 0.05) is 51.0 Å². The van der Waals surface area contributed by atoms with Crippen LogP contribution in [0.2, 0.25) is 0 Å². The maximum absolute atomic E-state index is 13.1. The molecule has 1 amide bonds. The second-order valence-corrected chi connectivity index (χ2v) is 10.4. The van der Waals surface area contributed by atoms with Crippen molar-refractivity contribution < 1.29 is 13.7 Å². The van der Waals surface area contributed by atoms with Gasteiger partial charge in [-0.15, -0.1) is 0 Å². The topological polar surface area (TPSA) is 65.1 Å². The second kappa shape index (κ2) is 9.45. The van der Waals surface area contributed by atoms with Crippen LogP contribution < -0.4 is 10.2 Å². The number of hydrogen-bond acceptors (Lipinski definition) is 5. The molecule has 0 saturated carbocycles. The van der Waals surface area contributed by atoms with E-state index in [9.17, 15) is 9.00 Å². The third-order valence-electron chi connectivity index (χ3n) is 5.30. The van der Waals surface area contributed by atoms with Gasteiger partial charge in [0.2, 0.25) is 0 Å². The summed E-state index contributed by atoms with van der Waals surface area (Å²) in [6.45, 7) is 11.0. The van der Waals surface area contributed by atoms with Crippen LogP contribution in [0.25, 0.3) is 0 Å². The molecule has 2 aliphatic heterocycles. The van der Waals surface area contributed by atoms with Crippen LogP contribution >= 0.6 is 0 Å². The quantitative estimate of drug-likeness (QED) is 0.807. The number of nitrogens with zero attached hydrogens (tertiary/aromatic N) is 3. The number of nitrogens with one attached hydrogen (secondary N) is 1. The van der Waals surface area contributed by atoms with Crippen LogP contribution in [0.15, 0.2) is 29.2 Å². The maximum Gasteiger partial charge on any atom is 0.407 e. The highest BCUT2D eigenvalue weighted by molar-refractivity contribution is 7.82. The second-order valence-electron chi connectivity index (χ2n) is 8.89. The lowest BCUT2D eigenvalue weighted by Gasteiger charge is -2.34. The monoisotopic (exact) mass is 422 g/mol. The van der Waals surface area contributed by atoms with Crippen molar-refractivity contribution >= 4 is 22.8 Å². The zero-order chi connectivity index (χ0) is 21.0. The molecule has 0 radical (unpaired) electrons. The summed E-state index contributed by atoms with van der Waals surface area (Å²) in [5.41, 5.74) is 0.645. The first-order valence-electron chi connectivity index (χ1n) is 10.4. The fraction of sp³-hybridized carbons (Fsp3) is 0.667. The molecule has 0 spiro atoms. The first-order chi connectivity index (χ1) is 13.7. The van der Waals surface area contributed by atoms with Crippen LogP contribution in [0.4, 0.5) is 10.5 Å². The number of piperazine rings is 1. The lowest BCUT2D eigenvalue weighted by Crippen LogP contribution is -2.46. The molecule has 7 nitrogen and oxygen atoms in total. The van der Waals surface area contributed by atoms with Gasteiger partial charge in [0.25, 0.3) is 0 Å². The molecule has 1 unspecified atom stereocenters. The Labute approximate surface area is 177 Å². The van der Waals surface area contributed by atoms with E-state index in [4.69, 9.17) is 4.74 Å². The minimum atomic E-state index is -1.18. The average molecular weight is 423 g/mol. The number of amides is 1. The molecule has 8 heteroatoms. The minimum absolute atomic E-state index is 0.0646. The smallest absolute Gasteiger partial charge is 0.407 e. The van der Waals surface area contributed by atoms with Gasteiger partial charge in [0.15, 0.2) is 0 Å². The summed E-state index contributed by atoms with van der Waals surface area (Å²) in [4.78, 5) is 17.5. The van der Waals surface area contributed by atoms with Crippen molar-refractivity contribution in [3.8, 4) is 0 Å². The number of likely N-dealkylation sites (N-methyl/N-ethyl adjacent to an activating group) is 1. The van der Waals surface area contributed by atoms with Crippen molar-refractivity contribution in [1.82, 2.24) is 14.5 Å². The van der Waals surface area contributed by atoms with Crippen molar-refractivity contribution in [2.75, 3.05) is 51.2 Å². The normalized spacial score (nSPS) is 21.0. The Kier molecular flexibility index (Phi) is 7.19. The van der Waals surface area contributed by atoms with E-state index in [0.717, 1.165) is 49.6 Å². The number of alkyl carbamates (subject to hydrolysis) is 1. The van der Waals surface area contributed by atoms with E-state index in [-0.39, 0.29) is 12.1 Å². The predicted molar refractivity (Wildman–Crippen MR) is 117 cm³/mol. The van der Waals surface area contributed by atoms with E-state index in [1.807, 2.05) is 37.2 Å². The van der Waals surface area contributed by atoms with E-state index in [2.05, 4.69) is 34.3 Å². The number of piperidine rings is 1. The molecular weight excluding hydrogens is 388 g/mol. The highest BCUT2D eigenvalue weighted by atomic mass is 32.2. The fourth-order valence-electron chi connectivity index (χ4n) is 3.64. The summed E-state index contributed by atoms with van der Waals surface area (Å²) in [7, 11) is 0.960. The van der Waals surface area contributed by atoms with Gasteiger partial charge < -0.3 is 19.9 Å². The average Bonchev–Trinajstić information content (AvgIpc) is 2.67. The standard InChI is InChI=1S/C21H34N4O3S/c1-21(2,3)28-20(26)22-17-8-10-25(11-9-17)29(27)19-7-5-6-18(16-19)24-14-12-23(4)13-15-24/h5-7,16-17H,8-15H2,1-4H3,(H,22,26). The molecule has 2 heterocycles. The molecule has 0 bridgehead atoms. The minimum Gasteiger partial charge on any atom is -0.444 e. The molecular formula is C21H34N4O3S. The highest BCUT2D eigenvalue weighted by Crippen LogP contribution is 2.23. The van der Waals surface area contributed by atoms with Gasteiger partial charge in [-0.2, -0.15) is 0 Å². The van der Waals surface area contributed by atoms with Crippen molar-refractivity contribution in [2.24, 2.45) is 0 Å². The number of ether oxygens (including phenoxy) is 1. The fourth-order valence-corrected chi connectivity index (χ4v) is 4.90. The van der Waals surface area contributed by atoms with Crippen LogP contribution in [0.3, 0.4) is 0 Å². The molecule has 3 rings (SSSR count). The highest BCUT2D eigenvalue weighted by Gasteiger charge is 2.27. The Hall–Kier alpha value is -1.64. The van der Waals surface area contributed by atoms with E-state index < -0.39 is 16.6 Å². The van der Waals surface area contributed by atoms with Gasteiger partial charge in [-0.1, -0.05) is 6.07 Å². The Bertz CT molecular complexity index is 721. The van der Waals surface area contributed by atoms with Crippen molar-refractivity contribution in [3.63, 3.8) is 0 Å². The number of anilines is 1. The summed E-state index contributed by atoms with van der Waals surface area (Å²) in [6.07, 6.45) is 1.16. The molecule has 1 aromatic rings. The molecule has 2 fully saturated rings. The van der Waals surface area contributed by atoms with Crippen LogP contribution in [-0.4, -0.2) is 77.5 Å². The van der Waals surface area contributed by atoms with Crippen LogP contribution in [0.5, 0.6) is 0 Å². The zero-order valence-electron chi connectivity index (χ0n) is 18.0. The van der Waals surface area contributed by atoms with Gasteiger partial charge in [-0.3, -0.25) is 0 Å². The molecule has 0 aliphatic carbocycles. The van der Waals surface area contributed by atoms with Gasteiger partial charge >= 0.3 is 6.09 Å². The van der Waals surface area contributed by atoms with E-state index in [1.165, 1.54) is 0 Å². The third-order valence-corrected chi connectivity index (χ3v) is 6.79.